The minimum atomic E-state index is 0.604. The van der Waals surface area contributed by atoms with E-state index in [9.17, 15) is 0 Å². The van der Waals surface area contributed by atoms with Gasteiger partial charge >= 0.3 is 0 Å². The Balaban J connectivity index is 1.52. The summed E-state index contributed by atoms with van der Waals surface area (Å²) in [6.45, 7) is 5.63. The van der Waals surface area contributed by atoms with Crippen LogP contribution in [0.2, 0.25) is 0 Å². The summed E-state index contributed by atoms with van der Waals surface area (Å²) >= 11 is 0. The van der Waals surface area contributed by atoms with E-state index in [1.54, 1.807) is 17.3 Å². The zero-order valence-corrected chi connectivity index (χ0v) is 16.1. The van der Waals surface area contributed by atoms with Gasteiger partial charge in [0.15, 0.2) is 0 Å². The van der Waals surface area contributed by atoms with Gasteiger partial charge in [0.25, 0.3) is 0 Å². The van der Waals surface area contributed by atoms with E-state index < -0.39 is 0 Å². The first kappa shape index (κ1) is 18.0. The van der Waals surface area contributed by atoms with Crippen molar-refractivity contribution in [1.29, 1.82) is 0 Å². The molecule has 0 aliphatic rings. The Kier molecular flexibility index (Phi) is 5.19. The van der Waals surface area contributed by atoms with E-state index in [4.69, 9.17) is 4.74 Å². The van der Waals surface area contributed by atoms with Crippen LogP contribution in [0.5, 0.6) is 5.75 Å². The molecule has 4 rings (SSSR count). The summed E-state index contributed by atoms with van der Waals surface area (Å²) in [6, 6.07) is 14.7. The van der Waals surface area contributed by atoms with Crippen molar-refractivity contribution in [2.24, 2.45) is 5.10 Å². The highest BCUT2D eigenvalue weighted by atomic mass is 16.5. The molecule has 0 aliphatic heterocycles. The quantitative estimate of drug-likeness (QED) is 0.459. The van der Waals surface area contributed by atoms with Gasteiger partial charge in [0.2, 0.25) is 0 Å². The second kappa shape index (κ2) is 8.08. The van der Waals surface area contributed by atoms with Crippen molar-refractivity contribution in [3.8, 4) is 5.75 Å². The van der Waals surface area contributed by atoms with E-state index in [0.29, 0.717) is 6.61 Å². The molecule has 0 saturated carbocycles. The summed E-state index contributed by atoms with van der Waals surface area (Å²) in [6.07, 6.45) is 8.08. The number of hydrogen-bond acceptors (Lipinski definition) is 4. The molecule has 0 saturated heterocycles. The van der Waals surface area contributed by atoms with Gasteiger partial charge in [0.05, 0.1) is 12.8 Å². The molecule has 2 heterocycles. The van der Waals surface area contributed by atoms with E-state index in [1.807, 2.05) is 12.3 Å². The van der Waals surface area contributed by atoms with E-state index in [-0.39, 0.29) is 0 Å². The van der Waals surface area contributed by atoms with E-state index in [2.05, 4.69) is 76.3 Å². The largest absolute Gasteiger partial charge is 0.492 e. The van der Waals surface area contributed by atoms with E-state index in [0.717, 1.165) is 35.2 Å². The number of fused-ring (bicyclic) bond motifs is 1. The predicted molar refractivity (Wildman–Crippen MR) is 111 cm³/mol. The van der Waals surface area contributed by atoms with Crippen LogP contribution in [-0.2, 0) is 13.0 Å². The van der Waals surface area contributed by atoms with Gasteiger partial charge < -0.3 is 9.30 Å². The molecule has 4 aromatic rings. The first-order valence-corrected chi connectivity index (χ1v) is 9.43. The second-order valence-corrected chi connectivity index (χ2v) is 6.74. The zero-order chi connectivity index (χ0) is 19.3. The molecule has 0 radical (unpaired) electrons. The molecule has 0 aliphatic carbocycles. The summed E-state index contributed by atoms with van der Waals surface area (Å²) in [4.78, 5) is 0. The lowest BCUT2D eigenvalue weighted by Crippen LogP contribution is -2.07. The van der Waals surface area contributed by atoms with Crippen LogP contribution in [0.3, 0.4) is 0 Å². The zero-order valence-electron chi connectivity index (χ0n) is 16.1. The number of para-hydroxylation sites is 1. The molecular weight excluding hydrogens is 350 g/mol. The van der Waals surface area contributed by atoms with Crippen LogP contribution in [0.25, 0.3) is 10.9 Å². The van der Waals surface area contributed by atoms with Gasteiger partial charge in [-0.2, -0.15) is 5.10 Å². The minimum Gasteiger partial charge on any atom is -0.492 e. The average Bonchev–Trinajstić information content (AvgIpc) is 3.34. The van der Waals surface area contributed by atoms with Crippen molar-refractivity contribution in [1.82, 2.24) is 19.4 Å². The molecule has 2 aromatic carbocycles. The first-order chi connectivity index (χ1) is 13.7. The van der Waals surface area contributed by atoms with Crippen molar-refractivity contribution >= 4 is 17.1 Å². The fourth-order valence-corrected chi connectivity index (χ4v) is 3.32. The molecule has 0 unspecified atom stereocenters. The Bertz CT molecular complexity index is 1100. The summed E-state index contributed by atoms with van der Waals surface area (Å²) in [7, 11) is 0. The monoisotopic (exact) mass is 373 g/mol. The third kappa shape index (κ3) is 3.96. The van der Waals surface area contributed by atoms with Gasteiger partial charge in [-0.15, -0.1) is 10.2 Å². The maximum atomic E-state index is 6.04. The Hall–Kier alpha value is -3.41. The summed E-state index contributed by atoms with van der Waals surface area (Å²) in [5, 5.41) is 13.1. The van der Waals surface area contributed by atoms with Crippen LogP contribution >= 0.6 is 0 Å². The minimum absolute atomic E-state index is 0.604. The summed E-state index contributed by atoms with van der Waals surface area (Å²) in [5.41, 5.74) is 4.74. The number of nitrogens with zero attached hydrogens (tertiary/aromatic N) is 5. The van der Waals surface area contributed by atoms with Crippen molar-refractivity contribution in [2.45, 2.75) is 26.8 Å². The maximum Gasteiger partial charge on any atom is 0.141 e. The Morgan fingerprint density at radius 3 is 2.75 bits per heavy atom. The highest BCUT2D eigenvalue weighted by molar-refractivity contribution is 5.99. The van der Waals surface area contributed by atoms with Crippen molar-refractivity contribution in [3.63, 3.8) is 0 Å². The molecule has 0 fully saturated rings. The van der Waals surface area contributed by atoms with Crippen molar-refractivity contribution in [3.05, 3.63) is 78.0 Å². The normalized spacial score (nSPS) is 11.5. The molecule has 0 bridgehead atoms. The SMILES string of the molecule is CCc1cc(C)cc(OCCn2cc(C=Nn3cnnc3)c3ccccc32)c1. The maximum absolute atomic E-state index is 6.04. The number of benzene rings is 2. The van der Waals surface area contributed by atoms with Gasteiger partial charge in [-0.1, -0.05) is 31.2 Å². The fourth-order valence-electron chi connectivity index (χ4n) is 3.32. The van der Waals surface area contributed by atoms with Gasteiger partial charge in [0.1, 0.15) is 25.0 Å². The van der Waals surface area contributed by atoms with Crippen LogP contribution < -0.4 is 4.74 Å². The van der Waals surface area contributed by atoms with Crippen LogP contribution in [0.1, 0.15) is 23.6 Å². The first-order valence-electron chi connectivity index (χ1n) is 9.43. The molecule has 0 N–H and O–H groups in total. The Labute approximate surface area is 164 Å². The van der Waals surface area contributed by atoms with E-state index >= 15 is 0 Å². The molecular formula is C22H23N5O. The Morgan fingerprint density at radius 2 is 1.93 bits per heavy atom. The third-order valence-electron chi connectivity index (χ3n) is 4.68. The predicted octanol–water partition coefficient (Wildman–Crippen LogP) is 4.06. The van der Waals surface area contributed by atoms with Crippen LogP contribution in [0, 0.1) is 6.92 Å². The smallest absolute Gasteiger partial charge is 0.141 e. The lowest BCUT2D eigenvalue weighted by atomic mass is 10.1. The van der Waals surface area contributed by atoms with Crippen LogP contribution in [-0.4, -0.2) is 32.3 Å². The molecule has 0 amide bonds. The number of hydrogen-bond donors (Lipinski definition) is 0. The topological polar surface area (TPSA) is 57.2 Å². The van der Waals surface area contributed by atoms with Gasteiger partial charge in [-0.25, -0.2) is 4.68 Å². The van der Waals surface area contributed by atoms with Crippen LogP contribution in [0.15, 0.2) is 66.4 Å². The van der Waals surface area contributed by atoms with Gasteiger partial charge in [-0.3, -0.25) is 0 Å². The summed E-state index contributed by atoms with van der Waals surface area (Å²) in [5.74, 6) is 0.933. The molecule has 0 atom stereocenters. The molecule has 28 heavy (non-hydrogen) atoms. The molecule has 0 spiro atoms. The van der Waals surface area contributed by atoms with Gasteiger partial charge in [-0.05, 0) is 42.7 Å². The molecule has 142 valence electrons. The number of ether oxygens (including phenoxy) is 1. The third-order valence-corrected chi connectivity index (χ3v) is 4.68. The fraction of sp³-hybridized carbons (Fsp3) is 0.227. The van der Waals surface area contributed by atoms with E-state index in [1.165, 1.54) is 11.1 Å². The van der Waals surface area contributed by atoms with Gasteiger partial charge in [0, 0.05) is 22.7 Å². The average molecular weight is 373 g/mol. The highest BCUT2D eigenvalue weighted by Crippen LogP contribution is 2.21. The molecule has 6 nitrogen and oxygen atoms in total. The van der Waals surface area contributed by atoms with Crippen molar-refractivity contribution < 1.29 is 4.74 Å². The lowest BCUT2D eigenvalue weighted by Gasteiger charge is -2.10. The molecule has 2 aromatic heterocycles. The highest BCUT2D eigenvalue weighted by Gasteiger charge is 2.07. The second-order valence-electron chi connectivity index (χ2n) is 6.74. The molecule has 6 heteroatoms. The number of aryl methyl sites for hydroxylation is 2. The van der Waals surface area contributed by atoms with Crippen LogP contribution in [0.4, 0.5) is 0 Å². The Morgan fingerprint density at radius 1 is 1.11 bits per heavy atom. The standard InChI is InChI=1S/C22H23N5O/c1-3-18-10-17(2)11-20(12-18)28-9-8-26-14-19(13-25-27-15-23-24-16-27)21-6-4-5-7-22(21)26/h4-7,10-16H,3,8-9H2,1-2H3. The summed E-state index contributed by atoms with van der Waals surface area (Å²) < 4.78 is 9.82. The number of rotatable bonds is 7. The number of aromatic nitrogens is 4. The lowest BCUT2D eigenvalue weighted by molar-refractivity contribution is 0.300. The van der Waals surface area contributed by atoms with Crippen molar-refractivity contribution in [2.75, 3.05) is 6.61 Å².